The molecular formula is C28H36FN. The van der Waals surface area contributed by atoms with Crippen LogP contribution in [-0.4, -0.2) is 0 Å². The number of nitriles is 1. The largest absolute Gasteiger partial charge is 0.199 e. The van der Waals surface area contributed by atoms with E-state index in [4.69, 9.17) is 5.26 Å². The average Bonchev–Trinajstić information content (AvgIpc) is 2.80. The molecule has 0 spiro atoms. The van der Waals surface area contributed by atoms with Crippen LogP contribution in [0.5, 0.6) is 0 Å². The minimum absolute atomic E-state index is 0.503. The van der Waals surface area contributed by atoms with Crippen molar-refractivity contribution >= 4 is 0 Å². The Morgan fingerprint density at radius 2 is 1.63 bits per heavy atom. The summed E-state index contributed by atoms with van der Waals surface area (Å²) in [6.07, 6.45) is 17.2. The Balaban J connectivity index is 1.44. The lowest BCUT2D eigenvalue weighted by Crippen LogP contribution is -2.22. The maximum Gasteiger partial charge on any atom is 0.199 e. The highest BCUT2D eigenvalue weighted by molar-refractivity contribution is 5.26. The fourth-order valence-electron chi connectivity index (χ4n) is 5.39. The minimum atomic E-state index is -0.721. The van der Waals surface area contributed by atoms with E-state index in [1.165, 1.54) is 80.2 Å². The van der Waals surface area contributed by atoms with E-state index < -0.39 is 5.83 Å². The van der Waals surface area contributed by atoms with Crippen molar-refractivity contribution in [3.63, 3.8) is 0 Å². The molecular weight excluding hydrogens is 369 g/mol. The molecule has 30 heavy (non-hydrogen) atoms. The van der Waals surface area contributed by atoms with E-state index in [-0.39, 0.29) is 0 Å². The van der Waals surface area contributed by atoms with Gasteiger partial charge in [-0.3, -0.25) is 0 Å². The molecule has 1 nitrogen and oxygen atoms in total. The highest BCUT2D eigenvalue weighted by Crippen LogP contribution is 2.43. The van der Waals surface area contributed by atoms with E-state index in [0.717, 1.165) is 12.8 Å². The van der Waals surface area contributed by atoms with E-state index >= 15 is 0 Å². The van der Waals surface area contributed by atoms with Crippen LogP contribution in [-0.2, 0) is 6.42 Å². The van der Waals surface area contributed by atoms with Gasteiger partial charge in [-0.05, 0) is 98.7 Å². The van der Waals surface area contributed by atoms with Crippen LogP contribution >= 0.6 is 0 Å². The molecule has 2 aliphatic carbocycles. The van der Waals surface area contributed by atoms with Gasteiger partial charge in [-0.2, -0.15) is 9.65 Å². The Kier molecular flexibility index (Phi) is 8.50. The summed E-state index contributed by atoms with van der Waals surface area (Å²) in [5, 5.41) is 8.47. The molecule has 0 aromatic heterocycles. The van der Waals surface area contributed by atoms with Crippen LogP contribution in [0.15, 0.2) is 60.5 Å². The molecule has 0 unspecified atom stereocenters. The highest BCUT2D eigenvalue weighted by atomic mass is 19.1. The van der Waals surface area contributed by atoms with Crippen molar-refractivity contribution in [2.45, 2.75) is 77.0 Å². The van der Waals surface area contributed by atoms with Gasteiger partial charge in [0.15, 0.2) is 5.83 Å². The number of halogens is 1. The normalized spacial score (nSPS) is 27.7. The lowest BCUT2D eigenvalue weighted by Gasteiger charge is -2.36. The number of benzene rings is 1. The molecule has 0 aliphatic heterocycles. The summed E-state index contributed by atoms with van der Waals surface area (Å²) in [6, 6.07) is 10.9. The molecule has 0 amide bonds. The first-order chi connectivity index (χ1) is 14.6. The van der Waals surface area contributed by atoms with E-state index in [0.29, 0.717) is 23.7 Å². The van der Waals surface area contributed by atoms with Crippen LogP contribution in [0, 0.1) is 29.1 Å². The molecule has 0 bridgehead atoms. The standard InChI is InChI=1S/C28H36FN/c1-3-5-22-10-14-26(15-11-22)27-18-16-25(17-19-27)21(2)24-12-8-23(9-13-24)6-4-7-28(29)20-30/h4,6-7,10-11,14-15,23-25,27H,2-3,5,8-9,12-13,16-19H2,1H3/b6-4+,28-7-. The molecule has 0 radical (unpaired) electrons. The van der Waals surface area contributed by atoms with Crippen LogP contribution in [0.4, 0.5) is 4.39 Å². The monoisotopic (exact) mass is 405 g/mol. The van der Waals surface area contributed by atoms with Crippen molar-refractivity contribution in [3.05, 3.63) is 71.6 Å². The first kappa shape index (κ1) is 22.5. The Labute approximate surface area is 182 Å². The first-order valence-corrected chi connectivity index (χ1v) is 11.8. The van der Waals surface area contributed by atoms with Crippen LogP contribution in [0.2, 0.25) is 0 Å². The van der Waals surface area contributed by atoms with E-state index in [1.54, 1.807) is 6.08 Å². The maximum atomic E-state index is 12.9. The van der Waals surface area contributed by atoms with Crippen molar-refractivity contribution in [1.29, 1.82) is 5.26 Å². The van der Waals surface area contributed by atoms with Crippen molar-refractivity contribution in [2.75, 3.05) is 0 Å². The molecule has 3 rings (SSSR count). The van der Waals surface area contributed by atoms with Gasteiger partial charge in [-0.15, -0.1) is 0 Å². The summed E-state index contributed by atoms with van der Waals surface area (Å²) >= 11 is 0. The maximum absolute atomic E-state index is 12.9. The summed E-state index contributed by atoms with van der Waals surface area (Å²) in [7, 11) is 0. The minimum Gasteiger partial charge on any atom is -0.195 e. The van der Waals surface area contributed by atoms with Gasteiger partial charge in [-0.1, -0.05) is 61.9 Å². The van der Waals surface area contributed by atoms with Crippen molar-refractivity contribution in [1.82, 2.24) is 0 Å². The van der Waals surface area contributed by atoms with E-state index in [2.05, 4.69) is 43.8 Å². The fourth-order valence-corrected chi connectivity index (χ4v) is 5.39. The van der Waals surface area contributed by atoms with Crippen molar-refractivity contribution < 1.29 is 4.39 Å². The summed E-state index contributed by atoms with van der Waals surface area (Å²) < 4.78 is 12.9. The zero-order valence-electron chi connectivity index (χ0n) is 18.5. The molecule has 2 saturated carbocycles. The topological polar surface area (TPSA) is 23.8 Å². The molecule has 2 heteroatoms. The molecule has 2 fully saturated rings. The van der Waals surface area contributed by atoms with Gasteiger partial charge < -0.3 is 0 Å². The van der Waals surface area contributed by atoms with Crippen molar-refractivity contribution in [2.24, 2.45) is 17.8 Å². The van der Waals surface area contributed by atoms with E-state index in [9.17, 15) is 4.39 Å². The average molecular weight is 406 g/mol. The molecule has 0 atom stereocenters. The smallest absolute Gasteiger partial charge is 0.195 e. The second-order valence-corrected chi connectivity index (χ2v) is 9.24. The van der Waals surface area contributed by atoms with Crippen molar-refractivity contribution in [3.8, 4) is 6.07 Å². The van der Waals surface area contributed by atoms with Crippen LogP contribution in [0.1, 0.15) is 81.8 Å². The highest BCUT2D eigenvalue weighted by Gasteiger charge is 2.29. The van der Waals surface area contributed by atoms with Gasteiger partial charge in [0.1, 0.15) is 6.07 Å². The molecule has 160 valence electrons. The fraction of sp³-hybridized carbons (Fsp3) is 0.536. The Bertz CT molecular complexity index is 779. The number of hydrogen-bond acceptors (Lipinski definition) is 1. The molecule has 0 saturated heterocycles. The lowest BCUT2D eigenvalue weighted by atomic mass is 9.70. The zero-order valence-corrected chi connectivity index (χ0v) is 18.5. The number of hydrogen-bond donors (Lipinski definition) is 0. The van der Waals surface area contributed by atoms with Gasteiger partial charge in [-0.25, -0.2) is 0 Å². The number of rotatable bonds is 7. The van der Waals surface area contributed by atoms with Gasteiger partial charge in [0, 0.05) is 0 Å². The SMILES string of the molecule is C=C(C1CCC(/C=C/C=C(\F)C#N)CC1)C1CCC(c2ccc(CCC)cc2)CC1. The number of nitrogens with zero attached hydrogens (tertiary/aromatic N) is 1. The summed E-state index contributed by atoms with van der Waals surface area (Å²) in [4.78, 5) is 0. The van der Waals surface area contributed by atoms with E-state index in [1.807, 2.05) is 0 Å². The van der Waals surface area contributed by atoms with Gasteiger partial charge >= 0.3 is 0 Å². The van der Waals surface area contributed by atoms with Crippen LogP contribution < -0.4 is 0 Å². The summed E-state index contributed by atoms with van der Waals surface area (Å²) in [6.45, 7) is 6.78. The molecule has 0 heterocycles. The van der Waals surface area contributed by atoms with Crippen LogP contribution in [0.25, 0.3) is 0 Å². The van der Waals surface area contributed by atoms with Crippen LogP contribution in [0.3, 0.4) is 0 Å². The predicted octanol–water partition coefficient (Wildman–Crippen LogP) is 8.21. The Hall–Kier alpha value is -2.14. The third-order valence-electron chi connectivity index (χ3n) is 7.27. The van der Waals surface area contributed by atoms with Gasteiger partial charge in [0.2, 0.25) is 0 Å². The summed E-state index contributed by atoms with van der Waals surface area (Å²) in [5.41, 5.74) is 4.47. The molecule has 0 N–H and O–H groups in total. The summed E-state index contributed by atoms with van der Waals surface area (Å²) in [5.74, 6) is 1.83. The second kappa shape index (κ2) is 11.3. The second-order valence-electron chi connectivity index (χ2n) is 9.24. The first-order valence-electron chi connectivity index (χ1n) is 11.8. The van der Waals surface area contributed by atoms with Gasteiger partial charge in [0.25, 0.3) is 0 Å². The predicted molar refractivity (Wildman–Crippen MR) is 124 cm³/mol. The number of aryl methyl sites for hydroxylation is 1. The lowest BCUT2D eigenvalue weighted by molar-refractivity contribution is 0.290. The van der Waals surface area contributed by atoms with Gasteiger partial charge in [0.05, 0.1) is 0 Å². The molecule has 2 aliphatic rings. The quantitative estimate of drug-likeness (QED) is 0.255. The number of allylic oxidation sites excluding steroid dienone is 5. The Morgan fingerprint density at radius 3 is 2.20 bits per heavy atom. The molecule has 1 aromatic rings. The third kappa shape index (κ3) is 6.18. The molecule has 1 aromatic carbocycles. The zero-order chi connectivity index (χ0) is 21.3. The third-order valence-corrected chi connectivity index (χ3v) is 7.27. The Morgan fingerprint density at radius 1 is 1.03 bits per heavy atom.